The highest BCUT2D eigenvalue weighted by atomic mass is 19.1. The average molecular weight is 359 g/mol. The summed E-state index contributed by atoms with van der Waals surface area (Å²) in [6, 6.07) is 8.90. The first-order valence-electron chi connectivity index (χ1n) is 8.12. The van der Waals surface area contributed by atoms with Gasteiger partial charge in [-0.1, -0.05) is 0 Å². The zero-order chi connectivity index (χ0) is 19.0. The number of nitrogens with one attached hydrogen (secondary N) is 1. The third-order valence-corrected chi connectivity index (χ3v) is 3.12. The molecule has 26 heavy (non-hydrogen) atoms. The van der Waals surface area contributed by atoms with Gasteiger partial charge in [-0.25, -0.2) is 19.2 Å². The number of nitrogens with zero attached hydrogens (tertiary/aromatic N) is 2. The number of hydrogen-bond acceptors (Lipinski definition) is 5. The van der Waals surface area contributed by atoms with Crippen LogP contribution in [0.25, 0.3) is 11.4 Å². The molecule has 6 nitrogen and oxygen atoms in total. The molecular formula is C19H22FN3O3. The molecule has 1 heterocycles. The first-order valence-corrected chi connectivity index (χ1v) is 8.12. The van der Waals surface area contributed by atoms with Crippen molar-refractivity contribution in [2.45, 2.75) is 26.4 Å². The Labute approximate surface area is 152 Å². The molecule has 0 spiro atoms. The molecule has 0 fully saturated rings. The third-order valence-electron chi connectivity index (χ3n) is 3.12. The van der Waals surface area contributed by atoms with E-state index in [1.165, 1.54) is 0 Å². The van der Waals surface area contributed by atoms with E-state index in [1.54, 1.807) is 51.4 Å². The number of halogens is 1. The summed E-state index contributed by atoms with van der Waals surface area (Å²) in [7, 11) is 0. The lowest BCUT2D eigenvalue weighted by molar-refractivity contribution is 0.0531. The van der Waals surface area contributed by atoms with Crippen molar-refractivity contribution in [3.05, 3.63) is 54.6 Å². The second-order valence-corrected chi connectivity index (χ2v) is 6.51. The van der Waals surface area contributed by atoms with E-state index >= 15 is 0 Å². The highest BCUT2D eigenvalue weighted by Crippen LogP contribution is 2.19. The van der Waals surface area contributed by atoms with E-state index in [1.807, 2.05) is 12.1 Å². The summed E-state index contributed by atoms with van der Waals surface area (Å²) in [6.45, 7) is 5.28. The molecule has 1 amide bonds. The van der Waals surface area contributed by atoms with Crippen LogP contribution in [0.5, 0.6) is 5.75 Å². The van der Waals surface area contributed by atoms with E-state index < -0.39 is 11.7 Å². The highest BCUT2D eigenvalue weighted by molar-refractivity contribution is 5.68. The van der Waals surface area contributed by atoms with Gasteiger partial charge in [-0.15, -0.1) is 0 Å². The van der Waals surface area contributed by atoms with Crippen molar-refractivity contribution in [2.24, 2.45) is 0 Å². The van der Waals surface area contributed by atoms with Gasteiger partial charge in [-0.3, -0.25) is 0 Å². The minimum Gasteiger partial charge on any atom is -0.489 e. The first kappa shape index (κ1) is 19.4. The van der Waals surface area contributed by atoms with Crippen molar-refractivity contribution < 1.29 is 18.7 Å². The summed E-state index contributed by atoms with van der Waals surface area (Å²) in [5, 5.41) is 2.49. The lowest BCUT2D eigenvalue weighted by Crippen LogP contribution is -2.34. The van der Waals surface area contributed by atoms with Crippen LogP contribution in [0.2, 0.25) is 0 Å². The fraction of sp³-hybridized carbons (Fsp3) is 0.316. The number of alkyl carbamates (subject to hydrolysis) is 1. The summed E-state index contributed by atoms with van der Waals surface area (Å²) >= 11 is 0. The normalized spacial score (nSPS) is 11.8. The van der Waals surface area contributed by atoms with Crippen molar-refractivity contribution in [2.75, 3.05) is 13.2 Å². The molecule has 1 aromatic heterocycles. The maximum absolute atomic E-state index is 13.0. The van der Waals surface area contributed by atoms with Gasteiger partial charge in [-0.05, 0) is 51.1 Å². The van der Waals surface area contributed by atoms with Gasteiger partial charge in [0.2, 0.25) is 0 Å². The van der Waals surface area contributed by atoms with Gasteiger partial charge in [0.05, 0.1) is 6.33 Å². The lowest BCUT2D eigenvalue weighted by Gasteiger charge is -2.20. The quantitative estimate of drug-likeness (QED) is 0.847. The van der Waals surface area contributed by atoms with Crippen LogP contribution in [0, 0.1) is 0 Å². The van der Waals surface area contributed by atoms with Crippen LogP contribution in [-0.4, -0.2) is 34.8 Å². The number of benzene rings is 1. The fourth-order valence-corrected chi connectivity index (χ4v) is 1.95. The standard InChI is InChI=1S/C19H22FN3O3/c1-19(2,3)26-18(24)23-12-14(11-20)13-25-16-7-5-15(6-8-16)17-21-9-4-10-22-17/h4-11H,12-13H2,1-3H3,(H,23,24)/b14-11+. The molecule has 0 bridgehead atoms. The van der Waals surface area contributed by atoms with E-state index in [0.717, 1.165) is 5.56 Å². The van der Waals surface area contributed by atoms with E-state index in [9.17, 15) is 9.18 Å². The van der Waals surface area contributed by atoms with Crippen molar-refractivity contribution in [3.8, 4) is 17.1 Å². The Hall–Kier alpha value is -2.96. The van der Waals surface area contributed by atoms with E-state index in [2.05, 4.69) is 15.3 Å². The zero-order valence-corrected chi connectivity index (χ0v) is 15.0. The molecule has 2 rings (SSSR count). The maximum atomic E-state index is 13.0. The highest BCUT2D eigenvalue weighted by Gasteiger charge is 2.16. The van der Waals surface area contributed by atoms with Crippen LogP contribution in [0.15, 0.2) is 54.6 Å². The Kier molecular flexibility index (Phi) is 6.66. The second kappa shape index (κ2) is 8.94. The van der Waals surface area contributed by atoms with Gasteiger partial charge in [0.1, 0.15) is 18.0 Å². The molecular weight excluding hydrogens is 337 g/mol. The topological polar surface area (TPSA) is 73.3 Å². The number of rotatable bonds is 6. The molecule has 0 aliphatic rings. The predicted octanol–water partition coefficient (Wildman–Crippen LogP) is 3.90. The summed E-state index contributed by atoms with van der Waals surface area (Å²) in [6.07, 6.45) is 3.15. The van der Waals surface area contributed by atoms with Crippen LogP contribution in [0.1, 0.15) is 20.8 Å². The number of aromatic nitrogens is 2. The average Bonchev–Trinajstić information content (AvgIpc) is 2.61. The molecule has 0 aliphatic heterocycles. The second-order valence-electron chi connectivity index (χ2n) is 6.51. The van der Waals surface area contributed by atoms with Gasteiger partial charge >= 0.3 is 6.09 Å². The maximum Gasteiger partial charge on any atom is 0.407 e. The Morgan fingerprint density at radius 3 is 2.42 bits per heavy atom. The van der Waals surface area contributed by atoms with Crippen molar-refractivity contribution in [1.82, 2.24) is 15.3 Å². The lowest BCUT2D eigenvalue weighted by atomic mass is 10.2. The molecule has 7 heteroatoms. The van der Waals surface area contributed by atoms with Crippen LogP contribution in [0.3, 0.4) is 0 Å². The molecule has 2 aromatic rings. The SMILES string of the molecule is CC(C)(C)OC(=O)NC/C(=C\F)COc1ccc(-c2ncccn2)cc1. The third kappa shape index (κ3) is 6.51. The number of amides is 1. The van der Waals surface area contributed by atoms with Crippen LogP contribution >= 0.6 is 0 Å². The zero-order valence-electron chi connectivity index (χ0n) is 15.0. The van der Waals surface area contributed by atoms with E-state index in [0.29, 0.717) is 17.9 Å². The number of ether oxygens (including phenoxy) is 2. The minimum absolute atomic E-state index is 0.00134. The molecule has 138 valence electrons. The van der Waals surface area contributed by atoms with Crippen molar-refractivity contribution in [1.29, 1.82) is 0 Å². The van der Waals surface area contributed by atoms with Gasteiger partial charge in [0, 0.05) is 30.1 Å². The largest absolute Gasteiger partial charge is 0.489 e. The first-order chi connectivity index (χ1) is 12.4. The number of carbonyl (C=O) groups excluding carboxylic acids is 1. The van der Waals surface area contributed by atoms with Crippen molar-refractivity contribution in [3.63, 3.8) is 0 Å². The number of carbonyl (C=O) groups is 1. The molecule has 1 N–H and O–H groups in total. The van der Waals surface area contributed by atoms with Crippen LogP contribution in [0.4, 0.5) is 9.18 Å². The Morgan fingerprint density at radius 2 is 1.85 bits per heavy atom. The molecule has 0 radical (unpaired) electrons. The monoisotopic (exact) mass is 359 g/mol. The summed E-state index contributed by atoms with van der Waals surface area (Å²) < 4.78 is 23.6. The van der Waals surface area contributed by atoms with Gasteiger partial charge in [0.25, 0.3) is 0 Å². The molecule has 0 aliphatic carbocycles. The van der Waals surface area contributed by atoms with Crippen LogP contribution in [-0.2, 0) is 4.74 Å². The fourth-order valence-electron chi connectivity index (χ4n) is 1.95. The molecule has 0 atom stereocenters. The molecule has 0 unspecified atom stereocenters. The minimum atomic E-state index is -0.607. The Balaban J connectivity index is 1.84. The van der Waals surface area contributed by atoms with Gasteiger partial charge in [-0.2, -0.15) is 0 Å². The summed E-state index contributed by atoms with van der Waals surface area (Å²) in [5.74, 6) is 1.19. The smallest absolute Gasteiger partial charge is 0.407 e. The predicted molar refractivity (Wildman–Crippen MR) is 96.4 cm³/mol. The molecule has 0 saturated carbocycles. The molecule has 0 saturated heterocycles. The van der Waals surface area contributed by atoms with Gasteiger partial charge < -0.3 is 14.8 Å². The number of hydrogen-bond donors (Lipinski definition) is 1. The van der Waals surface area contributed by atoms with Crippen LogP contribution < -0.4 is 10.1 Å². The molecule has 1 aromatic carbocycles. The van der Waals surface area contributed by atoms with E-state index in [4.69, 9.17) is 9.47 Å². The summed E-state index contributed by atoms with van der Waals surface area (Å²) in [4.78, 5) is 19.9. The Morgan fingerprint density at radius 1 is 1.19 bits per heavy atom. The van der Waals surface area contributed by atoms with E-state index in [-0.39, 0.29) is 18.7 Å². The Bertz CT molecular complexity index is 741. The van der Waals surface area contributed by atoms with Crippen molar-refractivity contribution >= 4 is 6.09 Å². The summed E-state index contributed by atoms with van der Waals surface area (Å²) in [5.41, 5.74) is 0.529. The van der Waals surface area contributed by atoms with Gasteiger partial charge in [0.15, 0.2) is 5.82 Å².